The largest absolute Gasteiger partial charge is 0.573 e. The average Bonchev–Trinajstić information content (AvgIpc) is 2.26. The van der Waals surface area contributed by atoms with Gasteiger partial charge in [0.25, 0.3) is 0 Å². The lowest BCUT2D eigenvalue weighted by Gasteiger charge is -2.12. The molecule has 0 aliphatic carbocycles. The van der Waals surface area contributed by atoms with Gasteiger partial charge in [-0.3, -0.25) is 0 Å². The van der Waals surface area contributed by atoms with E-state index in [1.54, 1.807) is 0 Å². The fraction of sp³-hybridized carbons (Fsp3) is 0.273. The highest BCUT2D eigenvalue weighted by molar-refractivity contribution is 5.91. The second-order valence-corrected chi connectivity index (χ2v) is 3.25. The summed E-state index contributed by atoms with van der Waals surface area (Å²) in [4.78, 5) is 11.4. The average molecular weight is 275 g/mol. The number of phenolic OH excluding ortho intramolecular Hbond substituents is 1. The van der Waals surface area contributed by atoms with E-state index < -0.39 is 29.4 Å². The molecule has 0 fully saturated rings. The summed E-state index contributed by atoms with van der Waals surface area (Å²) in [5, 5.41) is 18.1. The highest BCUT2D eigenvalue weighted by Gasteiger charge is 2.33. The molecular weight excluding hydrogens is 267 g/mol. The zero-order valence-corrected chi connectivity index (χ0v) is 9.61. The van der Waals surface area contributed by atoms with Gasteiger partial charge in [0, 0.05) is 0 Å². The lowest BCUT2D eigenvalue weighted by Crippen LogP contribution is -2.18. The van der Waals surface area contributed by atoms with Crippen molar-refractivity contribution in [2.75, 3.05) is 6.61 Å². The summed E-state index contributed by atoms with van der Waals surface area (Å²) in [7, 11) is 0. The SMILES string of the molecule is CCOC(=O)c1cc(O)c(C#N)c(OC(F)(F)F)c1. The Kier molecular flexibility index (Phi) is 4.22. The van der Waals surface area contributed by atoms with E-state index in [2.05, 4.69) is 9.47 Å². The van der Waals surface area contributed by atoms with Gasteiger partial charge < -0.3 is 14.6 Å². The molecule has 0 aliphatic rings. The molecule has 1 aromatic rings. The Balaban J connectivity index is 3.27. The molecule has 0 unspecified atom stereocenters. The maximum atomic E-state index is 12.1. The first-order chi connectivity index (χ1) is 8.78. The van der Waals surface area contributed by atoms with Crippen LogP contribution in [0.15, 0.2) is 12.1 Å². The first-order valence-electron chi connectivity index (χ1n) is 4.98. The van der Waals surface area contributed by atoms with Crippen molar-refractivity contribution in [1.29, 1.82) is 5.26 Å². The van der Waals surface area contributed by atoms with Crippen LogP contribution in [0.2, 0.25) is 0 Å². The van der Waals surface area contributed by atoms with Crippen molar-refractivity contribution in [3.8, 4) is 17.6 Å². The number of nitriles is 1. The van der Waals surface area contributed by atoms with Gasteiger partial charge in [-0.2, -0.15) is 5.26 Å². The first-order valence-corrected chi connectivity index (χ1v) is 4.98. The monoisotopic (exact) mass is 275 g/mol. The van der Waals surface area contributed by atoms with E-state index in [9.17, 15) is 23.1 Å². The molecule has 1 N–H and O–H groups in total. The predicted octanol–water partition coefficient (Wildman–Crippen LogP) is 2.34. The number of benzene rings is 1. The second-order valence-electron chi connectivity index (χ2n) is 3.25. The van der Waals surface area contributed by atoms with E-state index in [1.807, 2.05) is 0 Å². The van der Waals surface area contributed by atoms with Crippen LogP contribution in [0, 0.1) is 11.3 Å². The standard InChI is InChI=1S/C11H8F3NO4/c1-2-18-10(17)6-3-8(16)7(5-15)9(4-6)19-11(12,13)14/h3-4,16H,2H2,1H3. The van der Waals surface area contributed by atoms with Crippen LogP contribution in [0.5, 0.6) is 11.5 Å². The number of phenols is 1. The van der Waals surface area contributed by atoms with E-state index in [0.717, 1.165) is 6.07 Å². The van der Waals surface area contributed by atoms with E-state index in [4.69, 9.17) is 5.26 Å². The molecule has 1 aromatic carbocycles. The molecule has 0 heterocycles. The van der Waals surface area contributed by atoms with Gasteiger partial charge in [-0.15, -0.1) is 13.2 Å². The molecule has 1 rings (SSSR count). The molecule has 0 atom stereocenters. The van der Waals surface area contributed by atoms with Gasteiger partial charge in [0.15, 0.2) is 5.75 Å². The summed E-state index contributed by atoms with van der Waals surface area (Å²) in [6.07, 6.45) is -5.05. The lowest BCUT2D eigenvalue weighted by molar-refractivity contribution is -0.274. The molecule has 5 nitrogen and oxygen atoms in total. The number of halogens is 3. The van der Waals surface area contributed by atoms with Crippen LogP contribution in [0.4, 0.5) is 13.2 Å². The summed E-state index contributed by atoms with van der Waals surface area (Å²) in [6.45, 7) is 1.52. The summed E-state index contributed by atoms with van der Waals surface area (Å²) in [5.41, 5.74) is -1.07. The van der Waals surface area contributed by atoms with Gasteiger partial charge in [0.1, 0.15) is 17.4 Å². The third kappa shape index (κ3) is 3.77. The number of rotatable bonds is 3. The fourth-order valence-electron chi connectivity index (χ4n) is 1.25. The van der Waals surface area contributed by atoms with Gasteiger partial charge in [0.05, 0.1) is 12.2 Å². The molecular formula is C11H8F3NO4. The van der Waals surface area contributed by atoms with Crippen LogP contribution in [0.1, 0.15) is 22.8 Å². The molecule has 0 saturated heterocycles. The quantitative estimate of drug-likeness (QED) is 0.856. The van der Waals surface area contributed by atoms with Crippen LogP contribution in [0.25, 0.3) is 0 Å². The van der Waals surface area contributed by atoms with Gasteiger partial charge in [0.2, 0.25) is 0 Å². The van der Waals surface area contributed by atoms with Crippen molar-refractivity contribution in [3.05, 3.63) is 23.3 Å². The fourth-order valence-corrected chi connectivity index (χ4v) is 1.25. The molecule has 19 heavy (non-hydrogen) atoms. The minimum absolute atomic E-state index is 0.00899. The number of hydrogen-bond acceptors (Lipinski definition) is 5. The maximum absolute atomic E-state index is 12.1. The summed E-state index contributed by atoms with van der Waals surface area (Å²) < 4.78 is 44.6. The molecule has 0 aromatic heterocycles. The Labute approximate surface area is 105 Å². The maximum Gasteiger partial charge on any atom is 0.573 e. The molecule has 0 spiro atoms. The zero-order chi connectivity index (χ0) is 14.6. The van der Waals surface area contributed by atoms with Crippen molar-refractivity contribution in [2.45, 2.75) is 13.3 Å². The molecule has 0 amide bonds. The van der Waals surface area contributed by atoms with Gasteiger partial charge >= 0.3 is 12.3 Å². The van der Waals surface area contributed by atoms with Crippen LogP contribution in [-0.4, -0.2) is 24.0 Å². The van der Waals surface area contributed by atoms with Gasteiger partial charge in [-0.05, 0) is 19.1 Å². The zero-order valence-electron chi connectivity index (χ0n) is 9.61. The number of ether oxygens (including phenoxy) is 2. The van der Waals surface area contributed by atoms with Crippen LogP contribution >= 0.6 is 0 Å². The lowest BCUT2D eigenvalue weighted by atomic mass is 10.1. The molecule has 0 bridgehead atoms. The van der Waals surface area contributed by atoms with E-state index in [1.165, 1.54) is 13.0 Å². The highest BCUT2D eigenvalue weighted by atomic mass is 19.4. The molecule has 8 heteroatoms. The predicted molar refractivity (Wildman–Crippen MR) is 55.5 cm³/mol. The third-order valence-electron chi connectivity index (χ3n) is 1.93. The second kappa shape index (κ2) is 5.48. The van der Waals surface area contributed by atoms with Crippen molar-refractivity contribution < 1.29 is 32.5 Å². The summed E-state index contributed by atoms with van der Waals surface area (Å²) in [6, 6.07) is 2.87. The van der Waals surface area contributed by atoms with Crippen LogP contribution in [-0.2, 0) is 4.74 Å². The van der Waals surface area contributed by atoms with Crippen molar-refractivity contribution >= 4 is 5.97 Å². The number of alkyl halides is 3. The minimum atomic E-state index is -5.05. The molecule has 0 aliphatic heterocycles. The Bertz CT molecular complexity index is 534. The number of aromatic hydroxyl groups is 1. The van der Waals surface area contributed by atoms with Crippen molar-refractivity contribution in [1.82, 2.24) is 0 Å². The van der Waals surface area contributed by atoms with Crippen molar-refractivity contribution in [3.63, 3.8) is 0 Å². The summed E-state index contributed by atoms with van der Waals surface area (Å²) in [5.74, 6) is -2.69. The number of nitrogens with zero attached hydrogens (tertiary/aromatic N) is 1. The number of hydrogen-bond donors (Lipinski definition) is 1. The number of esters is 1. The normalized spacial score (nSPS) is 10.7. The molecule has 0 saturated carbocycles. The van der Waals surface area contributed by atoms with Crippen molar-refractivity contribution in [2.24, 2.45) is 0 Å². The van der Waals surface area contributed by atoms with Crippen LogP contribution < -0.4 is 4.74 Å². The highest BCUT2D eigenvalue weighted by Crippen LogP contribution is 2.33. The number of carbonyl (C=O) groups excluding carboxylic acids is 1. The van der Waals surface area contributed by atoms with Crippen LogP contribution in [0.3, 0.4) is 0 Å². The Hall–Kier alpha value is -2.43. The molecule has 0 radical (unpaired) electrons. The Morgan fingerprint density at radius 1 is 1.47 bits per heavy atom. The Morgan fingerprint density at radius 3 is 2.58 bits per heavy atom. The minimum Gasteiger partial charge on any atom is -0.506 e. The molecule has 102 valence electrons. The van der Waals surface area contributed by atoms with E-state index in [0.29, 0.717) is 6.07 Å². The first kappa shape index (κ1) is 14.6. The van der Waals surface area contributed by atoms with E-state index in [-0.39, 0.29) is 12.2 Å². The number of carbonyl (C=O) groups is 1. The third-order valence-corrected chi connectivity index (χ3v) is 1.93. The van der Waals surface area contributed by atoms with Gasteiger partial charge in [-0.1, -0.05) is 0 Å². The van der Waals surface area contributed by atoms with E-state index >= 15 is 0 Å². The topological polar surface area (TPSA) is 79.5 Å². The smallest absolute Gasteiger partial charge is 0.506 e. The van der Waals surface area contributed by atoms with Gasteiger partial charge in [-0.25, -0.2) is 4.79 Å². The summed E-state index contributed by atoms with van der Waals surface area (Å²) >= 11 is 0. The Morgan fingerprint density at radius 2 is 2.11 bits per heavy atom.